The topological polar surface area (TPSA) is 102 Å². The molecule has 1 aliphatic rings. The fourth-order valence-electron chi connectivity index (χ4n) is 4.00. The lowest BCUT2D eigenvalue weighted by molar-refractivity contribution is 0.171. The first-order chi connectivity index (χ1) is 17.1. The highest BCUT2D eigenvalue weighted by molar-refractivity contribution is 7.92. The molecule has 0 saturated carbocycles. The van der Waals surface area contributed by atoms with Gasteiger partial charge in [0.05, 0.1) is 15.9 Å². The van der Waals surface area contributed by atoms with Gasteiger partial charge in [-0.15, -0.1) is 0 Å². The number of nitrogens with zero attached hydrogens (tertiary/aromatic N) is 2. The van der Waals surface area contributed by atoms with Gasteiger partial charge in [0.1, 0.15) is 13.2 Å². The van der Waals surface area contributed by atoms with E-state index in [9.17, 15) is 8.42 Å². The summed E-state index contributed by atoms with van der Waals surface area (Å²) in [6.07, 6.45) is 0. The fraction of sp³-hybridized carbons (Fsp3) is 0.0769. The van der Waals surface area contributed by atoms with Crippen molar-refractivity contribution in [3.05, 3.63) is 84.9 Å². The standard InChI is InChI=1S/C26H20N4O4S/c31-35(32,18-12-13-23-24(16-18)34-15-14-33-23)30-26-25(28-21-9-3-4-10-22(21)29-26)27-20-11-5-7-17-6-1-2-8-19(17)20/h1-13,16H,14-15H2,(H,27,28)(H,29,30). The molecule has 174 valence electrons. The second-order valence-corrected chi connectivity index (χ2v) is 9.65. The maximum Gasteiger partial charge on any atom is 0.263 e. The number of anilines is 3. The van der Waals surface area contributed by atoms with Gasteiger partial charge in [-0.1, -0.05) is 48.5 Å². The lowest BCUT2D eigenvalue weighted by Gasteiger charge is -2.19. The number of benzene rings is 4. The molecule has 0 radical (unpaired) electrons. The Morgan fingerprint density at radius 2 is 1.40 bits per heavy atom. The van der Waals surface area contributed by atoms with Crippen LogP contribution in [0, 0.1) is 0 Å². The van der Waals surface area contributed by atoms with Crippen LogP contribution in [-0.2, 0) is 10.0 Å². The minimum absolute atomic E-state index is 0.0350. The van der Waals surface area contributed by atoms with Gasteiger partial charge < -0.3 is 14.8 Å². The summed E-state index contributed by atoms with van der Waals surface area (Å²) in [6.45, 7) is 0.784. The zero-order valence-corrected chi connectivity index (χ0v) is 19.2. The van der Waals surface area contributed by atoms with E-state index in [4.69, 9.17) is 9.47 Å². The Kier molecular flexibility index (Phi) is 5.11. The smallest absolute Gasteiger partial charge is 0.263 e. The van der Waals surface area contributed by atoms with Crippen LogP contribution in [0.2, 0.25) is 0 Å². The molecule has 35 heavy (non-hydrogen) atoms. The first-order valence-electron chi connectivity index (χ1n) is 11.0. The van der Waals surface area contributed by atoms with Gasteiger partial charge in [-0.2, -0.15) is 0 Å². The third-order valence-electron chi connectivity index (χ3n) is 5.67. The van der Waals surface area contributed by atoms with E-state index in [0.717, 1.165) is 16.5 Å². The van der Waals surface area contributed by atoms with Crippen LogP contribution in [0.15, 0.2) is 89.8 Å². The molecule has 5 aromatic rings. The monoisotopic (exact) mass is 484 g/mol. The molecule has 2 N–H and O–H groups in total. The summed E-state index contributed by atoms with van der Waals surface area (Å²) in [4.78, 5) is 9.29. The Morgan fingerprint density at radius 1 is 0.714 bits per heavy atom. The van der Waals surface area contributed by atoms with Gasteiger partial charge in [-0.3, -0.25) is 4.72 Å². The van der Waals surface area contributed by atoms with E-state index < -0.39 is 10.0 Å². The summed E-state index contributed by atoms with van der Waals surface area (Å²) in [5.74, 6) is 1.28. The molecular formula is C26H20N4O4S. The minimum atomic E-state index is -4.00. The third kappa shape index (κ3) is 4.06. The summed E-state index contributed by atoms with van der Waals surface area (Å²) in [5, 5.41) is 5.31. The summed E-state index contributed by atoms with van der Waals surface area (Å²) in [6, 6.07) is 25.6. The molecule has 0 atom stereocenters. The van der Waals surface area contributed by atoms with Crippen LogP contribution in [0.4, 0.5) is 17.3 Å². The molecule has 0 amide bonds. The summed E-state index contributed by atoms with van der Waals surface area (Å²) in [7, 11) is -4.00. The molecule has 4 aromatic carbocycles. The van der Waals surface area contributed by atoms with Crippen LogP contribution in [-0.4, -0.2) is 31.6 Å². The molecule has 2 heterocycles. The first-order valence-corrected chi connectivity index (χ1v) is 12.5. The lowest BCUT2D eigenvalue weighted by Crippen LogP contribution is -2.18. The van der Waals surface area contributed by atoms with E-state index in [2.05, 4.69) is 20.0 Å². The highest BCUT2D eigenvalue weighted by Gasteiger charge is 2.22. The predicted molar refractivity (Wildman–Crippen MR) is 135 cm³/mol. The van der Waals surface area contributed by atoms with Gasteiger partial charge in [-0.25, -0.2) is 18.4 Å². The predicted octanol–water partition coefficient (Wildman–Crippen LogP) is 5.10. The Labute approximate surface area is 201 Å². The van der Waals surface area contributed by atoms with Crippen LogP contribution >= 0.6 is 0 Å². The zero-order valence-electron chi connectivity index (χ0n) is 18.4. The van der Waals surface area contributed by atoms with Crippen molar-refractivity contribution in [1.29, 1.82) is 0 Å². The molecular weight excluding hydrogens is 464 g/mol. The Hall–Kier alpha value is -4.37. The molecule has 1 aliphatic heterocycles. The Morgan fingerprint density at radius 3 is 2.23 bits per heavy atom. The molecule has 0 bridgehead atoms. The van der Waals surface area contributed by atoms with Crippen molar-refractivity contribution in [2.24, 2.45) is 0 Å². The maximum absolute atomic E-state index is 13.3. The van der Waals surface area contributed by atoms with Gasteiger partial charge in [0.15, 0.2) is 23.1 Å². The third-order valence-corrected chi connectivity index (χ3v) is 7.00. The van der Waals surface area contributed by atoms with E-state index in [1.165, 1.54) is 12.1 Å². The summed E-state index contributed by atoms with van der Waals surface area (Å²) in [5.41, 5.74) is 1.99. The number of sulfonamides is 1. The molecule has 0 saturated heterocycles. The van der Waals surface area contributed by atoms with Gasteiger partial charge in [0.25, 0.3) is 10.0 Å². The summed E-state index contributed by atoms with van der Waals surface area (Å²) >= 11 is 0. The average molecular weight is 485 g/mol. The Balaban J connectivity index is 1.43. The van der Waals surface area contributed by atoms with Crippen LogP contribution < -0.4 is 19.5 Å². The molecule has 0 unspecified atom stereocenters. The second-order valence-electron chi connectivity index (χ2n) is 7.97. The molecule has 0 aliphatic carbocycles. The first kappa shape index (κ1) is 21.2. The van der Waals surface area contributed by atoms with Crippen molar-refractivity contribution < 1.29 is 17.9 Å². The molecule has 8 nitrogen and oxygen atoms in total. The number of nitrogens with one attached hydrogen (secondary N) is 2. The van der Waals surface area contributed by atoms with E-state index in [0.29, 0.717) is 41.6 Å². The fourth-order valence-corrected chi connectivity index (χ4v) is 5.02. The Bertz CT molecular complexity index is 1680. The van der Waals surface area contributed by atoms with Crippen LogP contribution in [0.1, 0.15) is 0 Å². The van der Waals surface area contributed by atoms with Crippen molar-refractivity contribution in [1.82, 2.24) is 9.97 Å². The van der Waals surface area contributed by atoms with Crippen LogP contribution in [0.3, 0.4) is 0 Å². The van der Waals surface area contributed by atoms with E-state index >= 15 is 0 Å². The van der Waals surface area contributed by atoms with Crippen molar-refractivity contribution in [2.45, 2.75) is 4.90 Å². The summed E-state index contributed by atoms with van der Waals surface area (Å²) < 4.78 is 40.3. The van der Waals surface area contributed by atoms with Gasteiger partial charge >= 0.3 is 0 Å². The van der Waals surface area contributed by atoms with E-state index in [-0.39, 0.29) is 10.7 Å². The van der Waals surface area contributed by atoms with Crippen LogP contribution in [0.25, 0.3) is 21.8 Å². The SMILES string of the molecule is O=S(=O)(Nc1nc2ccccc2nc1Nc1cccc2ccccc12)c1ccc2c(c1)OCCO2. The molecule has 1 aromatic heterocycles. The highest BCUT2D eigenvalue weighted by atomic mass is 32.2. The van der Waals surface area contributed by atoms with Gasteiger partial charge in [-0.05, 0) is 35.7 Å². The molecule has 6 rings (SSSR count). The molecule has 9 heteroatoms. The lowest BCUT2D eigenvalue weighted by atomic mass is 10.1. The number of fused-ring (bicyclic) bond motifs is 3. The quantitative estimate of drug-likeness (QED) is 0.358. The molecule has 0 fully saturated rings. The number of hydrogen-bond acceptors (Lipinski definition) is 7. The largest absolute Gasteiger partial charge is 0.486 e. The second kappa shape index (κ2) is 8.44. The number of para-hydroxylation sites is 2. The number of ether oxygens (including phenoxy) is 2. The van der Waals surface area contributed by atoms with Gasteiger partial charge in [0.2, 0.25) is 0 Å². The van der Waals surface area contributed by atoms with E-state index in [1.807, 2.05) is 60.7 Å². The number of aromatic nitrogens is 2. The zero-order chi connectivity index (χ0) is 23.8. The minimum Gasteiger partial charge on any atom is -0.486 e. The number of rotatable bonds is 5. The van der Waals surface area contributed by atoms with Crippen molar-refractivity contribution in [3.8, 4) is 11.5 Å². The van der Waals surface area contributed by atoms with Crippen LogP contribution in [0.5, 0.6) is 11.5 Å². The molecule has 0 spiro atoms. The van der Waals surface area contributed by atoms with E-state index in [1.54, 1.807) is 12.1 Å². The van der Waals surface area contributed by atoms with Crippen molar-refractivity contribution in [3.63, 3.8) is 0 Å². The average Bonchev–Trinajstić information content (AvgIpc) is 2.89. The van der Waals surface area contributed by atoms with Gasteiger partial charge in [0, 0.05) is 17.1 Å². The highest BCUT2D eigenvalue weighted by Crippen LogP contribution is 2.34. The van der Waals surface area contributed by atoms with Crippen molar-refractivity contribution in [2.75, 3.05) is 23.3 Å². The number of hydrogen-bond donors (Lipinski definition) is 2. The maximum atomic E-state index is 13.3. The van der Waals surface area contributed by atoms with Crippen molar-refractivity contribution >= 4 is 49.2 Å². The normalized spacial score (nSPS) is 13.0.